The Kier molecular flexibility index (Phi) is 6.13. The molecule has 1 aromatic rings. The first-order valence-electron chi connectivity index (χ1n) is 5.90. The lowest BCUT2D eigenvalue weighted by Crippen LogP contribution is -2.01. The molecule has 0 atom stereocenters. The van der Waals surface area contributed by atoms with Crippen LogP contribution in [0, 0.1) is 0 Å². The van der Waals surface area contributed by atoms with Crippen molar-refractivity contribution in [3.8, 4) is 0 Å². The Bertz CT molecular complexity index is 406. The minimum atomic E-state index is -3.51. The summed E-state index contributed by atoms with van der Waals surface area (Å²) in [5.74, 6) is 0.367. The Hall–Kier alpha value is -1.09. The lowest BCUT2D eigenvalue weighted by atomic mass is 10.1. The molecule has 1 rings (SSSR count). The number of rotatable bonds is 8. The minimum Gasteiger partial charge on any atom is -0.409 e. The largest absolute Gasteiger partial charge is 0.529 e. The van der Waals surface area contributed by atoms with Crippen molar-refractivity contribution in [2.24, 2.45) is 0 Å². The molecule has 5 heteroatoms. The van der Waals surface area contributed by atoms with E-state index in [2.05, 4.69) is 6.58 Å². The molecular weight excluding hydrogens is 251 g/mol. The van der Waals surface area contributed by atoms with Gasteiger partial charge >= 0.3 is 7.82 Å². The van der Waals surface area contributed by atoms with Crippen molar-refractivity contribution in [3.05, 3.63) is 48.2 Å². The SMILES string of the molecule is C=C(Cc1ccccc1)OP(=O)(OCC)OCC. The quantitative estimate of drug-likeness (QED) is 0.530. The van der Waals surface area contributed by atoms with Crippen LogP contribution in [0.1, 0.15) is 19.4 Å². The van der Waals surface area contributed by atoms with Crippen LogP contribution in [0.15, 0.2) is 42.7 Å². The molecule has 0 aliphatic heterocycles. The predicted molar refractivity (Wildman–Crippen MR) is 71.2 cm³/mol. The van der Waals surface area contributed by atoms with E-state index >= 15 is 0 Å². The van der Waals surface area contributed by atoms with Gasteiger partial charge in [0.1, 0.15) is 5.76 Å². The zero-order chi connectivity index (χ0) is 13.4. The van der Waals surface area contributed by atoms with Gasteiger partial charge in [-0.2, -0.15) is 0 Å². The Morgan fingerprint density at radius 3 is 2.22 bits per heavy atom. The maximum atomic E-state index is 12.1. The average Bonchev–Trinajstić information content (AvgIpc) is 2.30. The first kappa shape index (κ1) is 15.0. The number of benzene rings is 1. The van der Waals surface area contributed by atoms with Gasteiger partial charge in [-0.3, -0.25) is 9.05 Å². The van der Waals surface area contributed by atoms with Crippen molar-refractivity contribution in [1.29, 1.82) is 0 Å². The second-order valence-electron chi connectivity index (χ2n) is 3.58. The summed E-state index contributed by atoms with van der Waals surface area (Å²) in [4.78, 5) is 0. The Balaban J connectivity index is 2.59. The van der Waals surface area contributed by atoms with E-state index in [1.54, 1.807) is 13.8 Å². The molecular formula is C13H19O4P. The predicted octanol–water partition coefficient (Wildman–Crippen LogP) is 3.94. The van der Waals surface area contributed by atoms with Gasteiger partial charge in [-0.05, 0) is 19.4 Å². The molecule has 0 saturated carbocycles. The van der Waals surface area contributed by atoms with Crippen LogP contribution in [0.2, 0.25) is 0 Å². The molecule has 0 saturated heterocycles. The lowest BCUT2D eigenvalue weighted by molar-refractivity contribution is 0.144. The average molecular weight is 270 g/mol. The van der Waals surface area contributed by atoms with Gasteiger partial charge < -0.3 is 4.52 Å². The third kappa shape index (κ3) is 5.05. The highest BCUT2D eigenvalue weighted by molar-refractivity contribution is 7.48. The topological polar surface area (TPSA) is 44.8 Å². The van der Waals surface area contributed by atoms with Gasteiger partial charge in [-0.15, -0.1) is 0 Å². The number of allylic oxidation sites excluding steroid dienone is 1. The Labute approximate surface area is 108 Å². The summed E-state index contributed by atoms with van der Waals surface area (Å²) in [6.45, 7) is 7.73. The van der Waals surface area contributed by atoms with E-state index in [0.29, 0.717) is 12.2 Å². The van der Waals surface area contributed by atoms with E-state index in [1.165, 1.54) is 0 Å². The molecule has 0 N–H and O–H groups in total. The maximum absolute atomic E-state index is 12.1. The van der Waals surface area contributed by atoms with Gasteiger partial charge in [0, 0.05) is 6.42 Å². The fraction of sp³-hybridized carbons (Fsp3) is 0.385. The summed E-state index contributed by atoms with van der Waals surface area (Å²) >= 11 is 0. The van der Waals surface area contributed by atoms with Crippen LogP contribution in [0.3, 0.4) is 0 Å². The van der Waals surface area contributed by atoms with E-state index < -0.39 is 7.82 Å². The molecule has 0 fully saturated rings. The molecule has 0 heterocycles. The van der Waals surface area contributed by atoms with Gasteiger partial charge in [0.15, 0.2) is 0 Å². The number of hydrogen-bond donors (Lipinski definition) is 0. The summed E-state index contributed by atoms with van der Waals surface area (Å²) < 4.78 is 27.4. The first-order chi connectivity index (χ1) is 8.59. The van der Waals surface area contributed by atoms with Crippen LogP contribution in [-0.2, 0) is 24.6 Å². The van der Waals surface area contributed by atoms with Crippen LogP contribution < -0.4 is 0 Å². The summed E-state index contributed by atoms with van der Waals surface area (Å²) in [5.41, 5.74) is 1.03. The third-order valence-corrected chi connectivity index (χ3v) is 3.69. The molecule has 18 heavy (non-hydrogen) atoms. The fourth-order valence-electron chi connectivity index (χ4n) is 1.42. The number of hydrogen-bond acceptors (Lipinski definition) is 4. The third-order valence-electron chi connectivity index (χ3n) is 2.06. The van der Waals surface area contributed by atoms with Crippen molar-refractivity contribution in [3.63, 3.8) is 0 Å². The lowest BCUT2D eigenvalue weighted by Gasteiger charge is -2.18. The van der Waals surface area contributed by atoms with E-state index in [9.17, 15) is 4.57 Å². The highest BCUT2D eigenvalue weighted by Crippen LogP contribution is 2.51. The molecule has 4 nitrogen and oxygen atoms in total. The van der Waals surface area contributed by atoms with Crippen molar-refractivity contribution in [1.82, 2.24) is 0 Å². The minimum absolute atomic E-state index is 0.260. The normalized spacial score (nSPS) is 11.2. The van der Waals surface area contributed by atoms with E-state index in [1.807, 2.05) is 30.3 Å². The highest BCUT2D eigenvalue weighted by Gasteiger charge is 2.27. The fourth-order valence-corrected chi connectivity index (χ4v) is 2.61. The summed E-state index contributed by atoms with van der Waals surface area (Å²) in [5, 5.41) is 0. The molecule has 100 valence electrons. The van der Waals surface area contributed by atoms with Gasteiger partial charge in [0.25, 0.3) is 0 Å². The first-order valence-corrected chi connectivity index (χ1v) is 7.36. The number of phosphoric acid groups is 1. The number of phosphoric ester groups is 1. The van der Waals surface area contributed by atoms with E-state index in [0.717, 1.165) is 5.56 Å². The molecule has 0 aliphatic carbocycles. The zero-order valence-electron chi connectivity index (χ0n) is 10.8. The standard InChI is InChI=1S/C13H19O4P/c1-4-15-18(14,16-5-2)17-12(3)11-13-9-7-6-8-10-13/h6-10H,3-5,11H2,1-2H3. The van der Waals surface area contributed by atoms with Crippen LogP contribution in [0.25, 0.3) is 0 Å². The molecule has 0 unspecified atom stereocenters. The van der Waals surface area contributed by atoms with Gasteiger partial charge in [0.2, 0.25) is 0 Å². The molecule has 0 radical (unpaired) electrons. The molecule has 0 aromatic heterocycles. The molecule has 1 aromatic carbocycles. The smallest absolute Gasteiger partial charge is 0.409 e. The maximum Gasteiger partial charge on any atom is 0.529 e. The monoisotopic (exact) mass is 270 g/mol. The Morgan fingerprint density at radius 2 is 1.72 bits per heavy atom. The van der Waals surface area contributed by atoms with Gasteiger partial charge in [0.05, 0.1) is 13.2 Å². The van der Waals surface area contributed by atoms with Crippen molar-refractivity contribution < 1.29 is 18.1 Å². The molecule has 0 aliphatic rings. The van der Waals surface area contributed by atoms with Crippen molar-refractivity contribution in [2.45, 2.75) is 20.3 Å². The summed E-state index contributed by atoms with van der Waals surface area (Å²) in [6, 6.07) is 9.67. The van der Waals surface area contributed by atoms with Crippen LogP contribution in [0.5, 0.6) is 0 Å². The van der Waals surface area contributed by atoms with Crippen molar-refractivity contribution >= 4 is 7.82 Å². The molecule has 0 spiro atoms. The van der Waals surface area contributed by atoms with E-state index in [4.69, 9.17) is 13.6 Å². The van der Waals surface area contributed by atoms with E-state index in [-0.39, 0.29) is 13.2 Å². The summed E-state index contributed by atoms with van der Waals surface area (Å²) in [6.07, 6.45) is 0.477. The van der Waals surface area contributed by atoms with Crippen LogP contribution in [0.4, 0.5) is 0 Å². The molecule has 0 amide bonds. The highest BCUT2D eigenvalue weighted by atomic mass is 31.2. The van der Waals surface area contributed by atoms with Crippen LogP contribution >= 0.6 is 7.82 Å². The zero-order valence-corrected chi connectivity index (χ0v) is 11.7. The van der Waals surface area contributed by atoms with Gasteiger partial charge in [-0.1, -0.05) is 36.9 Å². The summed E-state index contributed by atoms with van der Waals surface area (Å²) in [7, 11) is -3.51. The van der Waals surface area contributed by atoms with Gasteiger partial charge in [-0.25, -0.2) is 4.57 Å². The Morgan fingerprint density at radius 1 is 1.17 bits per heavy atom. The van der Waals surface area contributed by atoms with Crippen LogP contribution in [-0.4, -0.2) is 13.2 Å². The molecule has 0 bridgehead atoms. The van der Waals surface area contributed by atoms with Crippen molar-refractivity contribution in [2.75, 3.05) is 13.2 Å². The second-order valence-corrected chi connectivity index (χ2v) is 5.17. The second kappa shape index (κ2) is 7.37.